The summed E-state index contributed by atoms with van der Waals surface area (Å²) >= 11 is 0. The zero-order valence-corrected chi connectivity index (χ0v) is 15.8. The second-order valence-corrected chi connectivity index (χ2v) is 6.57. The molecular weight excluding hydrogens is 372 g/mol. The molecule has 1 aliphatic heterocycles. The number of rotatable bonds is 8. The molecule has 2 aromatic rings. The molecule has 3 rings (SSSR count). The number of amides is 1. The van der Waals surface area contributed by atoms with Crippen molar-refractivity contribution in [3.63, 3.8) is 0 Å². The van der Waals surface area contributed by atoms with Gasteiger partial charge in [0.15, 0.2) is 0 Å². The Morgan fingerprint density at radius 1 is 1.41 bits per heavy atom. The van der Waals surface area contributed by atoms with Crippen molar-refractivity contribution >= 4 is 35.3 Å². The molecule has 1 aromatic carbocycles. The molecule has 2 unspecified atom stereocenters. The Morgan fingerprint density at radius 2 is 2.28 bits per heavy atom. The standard InChI is InChI=1S/C19H24N8O2/c20-6-2-7-23-12-3-1-4-13(9-12)25-18-14(17(22)28)10-24-19(27-18)26-16-5-8-29-11-15(16)21/h1-4,6-7,9-10,15-16,20,23H,5,8,11,21H2,(H2,22,28)(H2,24,25,26,27)/p+1. The van der Waals surface area contributed by atoms with Crippen molar-refractivity contribution in [2.45, 2.75) is 18.5 Å². The van der Waals surface area contributed by atoms with E-state index < -0.39 is 5.91 Å². The number of aromatic nitrogens is 2. The molecule has 2 atom stereocenters. The van der Waals surface area contributed by atoms with Crippen LogP contribution < -0.4 is 27.4 Å². The SMILES string of the molecule is N=CC=C[NH2+]c1cccc(Nc2nc(NC3CCOCC3N)ncc2C(N)=O)c1. The van der Waals surface area contributed by atoms with Gasteiger partial charge in [0.05, 0.1) is 12.8 Å². The van der Waals surface area contributed by atoms with E-state index in [9.17, 15) is 4.79 Å². The number of carbonyl (C=O) groups is 1. The molecule has 1 aromatic heterocycles. The van der Waals surface area contributed by atoms with E-state index in [0.29, 0.717) is 25.0 Å². The van der Waals surface area contributed by atoms with Gasteiger partial charge >= 0.3 is 0 Å². The van der Waals surface area contributed by atoms with Gasteiger partial charge in [0, 0.05) is 48.9 Å². The number of hydrogen-bond acceptors (Lipinski definition) is 8. The maximum atomic E-state index is 11.8. The summed E-state index contributed by atoms with van der Waals surface area (Å²) in [6, 6.07) is 7.36. The summed E-state index contributed by atoms with van der Waals surface area (Å²) in [5, 5.41) is 15.2. The molecule has 1 fully saturated rings. The van der Waals surface area contributed by atoms with Crippen molar-refractivity contribution in [3.8, 4) is 0 Å². The average molecular weight is 397 g/mol. The van der Waals surface area contributed by atoms with E-state index in [0.717, 1.165) is 17.8 Å². The normalized spacial score (nSPS) is 19.1. The monoisotopic (exact) mass is 397 g/mol. The smallest absolute Gasteiger partial charge is 0.254 e. The molecule has 152 valence electrons. The minimum absolute atomic E-state index is 0.0189. The number of primary amides is 1. The highest BCUT2D eigenvalue weighted by Gasteiger charge is 2.23. The van der Waals surface area contributed by atoms with Crippen LogP contribution in [-0.4, -0.2) is 47.4 Å². The highest BCUT2D eigenvalue weighted by Crippen LogP contribution is 2.22. The van der Waals surface area contributed by atoms with Crippen LogP contribution in [0.15, 0.2) is 42.7 Å². The van der Waals surface area contributed by atoms with Gasteiger partial charge in [-0.15, -0.1) is 0 Å². The highest BCUT2D eigenvalue weighted by molar-refractivity contribution is 5.98. The first-order valence-electron chi connectivity index (χ1n) is 9.21. The van der Waals surface area contributed by atoms with Gasteiger partial charge in [0.1, 0.15) is 17.1 Å². The summed E-state index contributed by atoms with van der Waals surface area (Å²) in [6.07, 6.45) is 6.73. The Kier molecular flexibility index (Phi) is 6.85. The van der Waals surface area contributed by atoms with E-state index in [1.54, 1.807) is 12.3 Å². The number of anilines is 3. The molecule has 0 radical (unpaired) electrons. The van der Waals surface area contributed by atoms with Gasteiger partial charge in [-0.05, 0) is 18.6 Å². The van der Waals surface area contributed by atoms with Crippen molar-refractivity contribution in [2.24, 2.45) is 11.5 Å². The summed E-state index contributed by atoms with van der Waals surface area (Å²) in [4.78, 5) is 20.5. The van der Waals surface area contributed by atoms with E-state index in [-0.39, 0.29) is 17.6 Å². The van der Waals surface area contributed by atoms with Crippen molar-refractivity contribution in [3.05, 3.63) is 48.3 Å². The number of benzene rings is 1. The molecule has 2 heterocycles. The molecule has 0 aliphatic carbocycles. The molecule has 1 aliphatic rings. The summed E-state index contributed by atoms with van der Waals surface area (Å²) in [5.74, 6) is 0.0396. The van der Waals surface area contributed by atoms with Crippen LogP contribution in [0.4, 0.5) is 23.1 Å². The number of carbonyl (C=O) groups excluding carboxylic acids is 1. The third kappa shape index (κ3) is 5.57. The second kappa shape index (κ2) is 9.73. The number of nitrogens with two attached hydrogens (primary N) is 3. The lowest BCUT2D eigenvalue weighted by Crippen LogP contribution is -2.70. The molecular formula is C19H25N8O2+. The summed E-state index contributed by atoms with van der Waals surface area (Å²) < 4.78 is 5.35. The minimum Gasteiger partial charge on any atom is -0.380 e. The lowest BCUT2D eigenvalue weighted by molar-refractivity contribution is -0.496. The first kappa shape index (κ1) is 20.4. The van der Waals surface area contributed by atoms with Crippen LogP contribution in [0.5, 0.6) is 0 Å². The lowest BCUT2D eigenvalue weighted by Gasteiger charge is -2.29. The van der Waals surface area contributed by atoms with Crippen LogP contribution in [0.2, 0.25) is 0 Å². The number of hydrogen-bond donors (Lipinski definition) is 6. The van der Waals surface area contributed by atoms with Gasteiger partial charge in [0.2, 0.25) is 5.95 Å². The first-order valence-corrected chi connectivity index (χ1v) is 9.21. The van der Waals surface area contributed by atoms with Crippen molar-refractivity contribution in [1.82, 2.24) is 9.97 Å². The Labute approximate surface area is 168 Å². The van der Waals surface area contributed by atoms with Crippen molar-refractivity contribution in [2.75, 3.05) is 23.8 Å². The van der Waals surface area contributed by atoms with Crippen LogP contribution in [0.1, 0.15) is 16.8 Å². The molecule has 9 N–H and O–H groups in total. The van der Waals surface area contributed by atoms with Crippen LogP contribution in [0.25, 0.3) is 0 Å². The number of ether oxygens (including phenoxy) is 1. The van der Waals surface area contributed by atoms with Crippen LogP contribution in [-0.2, 0) is 4.74 Å². The van der Waals surface area contributed by atoms with E-state index in [1.165, 1.54) is 12.4 Å². The third-order valence-corrected chi connectivity index (χ3v) is 4.41. The quantitative estimate of drug-likeness (QED) is 0.273. The number of allylic oxidation sites excluding steroid dienone is 1. The topological polar surface area (TPSA) is 169 Å². The Morgan fingerprint density at radius 3 is 3.03 bits per heavy atom. The highest BCUT2D eigenvalue weighted by atomic mass is 16.5. The maximum Gasteiger partial charge on any atom is 0.254 e. The number of nitrogens with one attached hydrogen (secondary N) is 3. The van der Waals surface area contributed by atoms with Crippen LogP contribution in [0.3, 0.4) is 0 Å². The fraction of sp³-hybridized carbons (Fsp3) is 0.263. The first-order chi connectivity index (χ1) is 14.1. The predicted octanol–water partition coefficient (Wildman–Crippen LogP) is 0.205. The molecule has 0 saturated carbocycles. The maximum absolute atomic E-state index is 11.8. The number of quaternary nitrogens is 1. The third-order valence-electron chi connectivity index (χ3n) is 4.41. The van der Waals surface area contributed by atoms with E-state index in [4.69, 9.17) is 21.6 Å². The van der Waals surface area contributed by atoms with Crippen LogP contribution in [0, 0.1) is 5.41 Å². The summed E-state index contributed by atoms with van der Waals surface area (Å²) in [5.41, 5.74) is 13.4. The minimum atomic E-state index is -0.626. The summed E-state index contributed by atoms with van der Waals surface area (Å²) in [7, 11) is 0. The second-order valence-electron chi connectivity index (χ2n) is 6.57. The number of nitrogens with zero attached hydrogens (tertiary/aromatic N) is 2. The van der Waals surface area contributed by atoms with Crippen molar-refractivity contribution in [1.29, 1.82) is 5.41 Å². The van der Waals surface area contributed by atoms with Crippen LogP contribution >= 0.6 is 0 Å². The lowest BCUT2D eigenvalue weighted by atomic mass is 10.1. The molecule has 0 bridgehead atoms. The fourth-order valence-corrected chi connectivity index (χ4v) is 2.91. The zero-order valence-electron chi connectivity index (χ0n) is 15.8. The van der Waals surface area contributed by atoms with Gasteiger partial charge in [-0.2, -0.15) is 4.98 Å². The Hall–Kier alpha value is -3.34. The molecule has 29 heavy (non-hydrogen) atoms. The zero-order chi connectivity index (χ0) is 20.6. The molecule has 10 heteroatoms. The molecule has 1 amide bonds. The van der Waals surface area contributed by atoms with Gasteiger partial charge in [-0.3, -0.25) is 10.1 Å². The van der Waals surface area contributed by atoms with Crippen molar-refractivity contribution < 1.29 is 14.8 Å². The van der Waals surface area contributed by atoms with E-state index in [2.05, 4.69) is 20.6 Å². The van der Waals surface area contributed by atoms with Gasteiger partial charge in [0.25, 0.3) is 5.91 Å². The van der Waals surface area contributed by atoms with E-state index >= 15 is 0 Å². The molecule has 1 saturated heterocycles. The Balaban J connectivity index is 1.81. The largest absolute Gasteiger partial charge is 0.380 e. The predicted molar refractivity (Wildman–Crippen MR) is 111 cm³/mol. The summed E-state index contributed by atoms with van der Waals surface area (Å²) in [6.45, 7) is 1.09. The van der Waals surface area contributed by atoms with Gasteiger partial charge in [-0.1, -0.05) is 6.07 Å². The Bertz CT molecular complexity index is 902. The van der Waals surface area contributed by atoms with E-state index in [1.807, 2.05) is 29.6 Å². The fourth-order valence-electron chi connectivity index (χ4n) is 2.91. The van der Waals surface area contributed by atoms with Gasteiger partial charge < -0.3 is 32.2 Å². The molecule has 10 nitrogen and oxygen atoms in total. The average Bonchev–Trinajstić information content (AvgIpc) is 2.70. The molecule has 0 spiro atoms. The van der Waals surface area contributed by atoms with Gasteiger partial charge in [-0.25, -0.2) is 4.98 Å².